The molecule has 14 heteroatoms. The lowest BCUT2D eigenvalue weighted by Crippen LogP contribution is -2.22. The lowest BCUT2D eigenvalue weighted by molar-refractivity contribution is 0.0993. The van der Waals surface area contributed by atoms with Gasteiger partial charge in [0.1, 0.15) is 11.5 Å². The molecule has 0 saturated carbocycles. The Labute approximate surface area is 253 Å². The van der Waals surface area contributed by atoms with E-state index >= 15 is 0 Å². The largest absolute Gasteiger partial charge is 0.497 e. The number of nitrogens with zero attached hydrogens (tertiary/aromatic N) is 6. The zero-order valence-corrected chi connectivity index (χ0v) is 24.3. The summed E-state index contributed by atoms with van der Waals surface area (Å²) in [6.45, 7) is 0. The molecule has 0 aliphatic carbocycles. The van der Waals surface area contributed by atoms with Gasteiger partial charge in [0.15, 0.2) is 22.4 Å². The molecule has 0 aliphatic rings. The Balaban J connectivity index is 1.55. The smallest absolute Gasteiger partial charge is 0.362 e. The third-order valence-electron chi connectivity index (χ3n) is 5.98. The highest BCUT2D eigenvalue weighted by atomic mass is 35.5. The van der Waals surface area contributed by atoms with Crippen molar-refractivity contribution in [2.45, 2.75) is 0 Å². The Hall–Kier alpha value is -5.20. The molecular formula is C29H23ClN7O5S+. The second kappa shape index (κ2) is 13.2. The molecule has 2 N–H and O–H groups in total. The Morgan fingerprint density at radius 3 is 2.28 bits per heavy atom. The summed E-state index contributed by atoms with van der Waals surface area (Å²) in [6, 6.07) is 25.0. The standard InChI is InChI=1S/C29H22ClN7O5S/c1-41-21-15-19(16-22(17-21)42-2)31-27-28(33-26-13-6-5-12-25(26)32-27)37(43(39)40)20-9-7-8-18(14-20)34-36-35-29(38)23-10-3-4-11-24(23)30/h3-17H,1-2H3,(H-,31,32,39,40)/p+1. The average molecular weight is 617 g/mol. The van der Waals surface area contributed by atoms with Crippen molar-refractivity contribution in [3.8, 4) is 11.5 Å². The van der Waals surface area contributed by atoms with Crippen LogP contribution in [0.25, 0.3) is 11.0 Å². The molecule has 43 heavy (non-hydrogen) atoms. The monoisotopic (exact) mass is 616 g/mol. The number of halogens is 1. The first-order valence-electron chi connectivity index (χ1n) is 12.5. The molecule has 1 amide bonds. The topological polar surface area (TPSA) is 153 Å². The highest BCUT2D eigenvalue weighted by molar-refractivity contribution is 7.81. The summed E-state index contributed by atoms with van der Waals surface area (Å²) in [5, 5.41) is 11.0. The van der Waals surface area contributed by atoms with Gasteiger partial charge in [-0.2, -0.15) is 0 Å². The quantitative estimate of drug-likeness (QED) is 0.105. The van der Waals surface area contributed by atoms with E-state index in [2.05, 4.69) is 30.4 Å². The van der Waals surface area contributed by atoms with Gasteiger partial charge in [0.25, 0.3) is 11.3 Å². The zero-order chi connectivity index (χ0) is 30.3. The number of methoxy groups -OCH3 is 2. The third-order valence-corrected chi connectivity index (χ3v) is 7.00. The van der Waals surface area contributed by atoms with Crippen molar-refractivity contribution in [1.29, 1.82) is 0 Å². The predicted octanol–water partition coefficient (Wildman–Crippen LogP) is 6.76. The van der Waals surface area contributed by atoms with Crippen LogP contribution in [0.15, 0.2) is 101 Å². The first-order chi connectivity index (χ1) is 20.9. The number of rotatable bonds is 9. The van der Waals surface area contributed by atoms with E-state index in [4.69, 9.17) is 21.1 Å². The maximum atomic E-state index is 12.8. The second-order valence-corrected chi connectivity index (χ2v) is 9.96. The summed E-state index contributed by atoms with van der Waals surface area (Å²) < 4.78 is 35.1. The van der Waals surface area contributed by atoms with E-state index in [1.807, 2.05) is 6.07 Å². The van der Waals surface area contributed by atoms with Crippen LogP contribution in [-0.4, -0.2) is 38.9 Å². The molecule has 0 radical (unpaired) electrons. The molecule has 1 unspecified atom stereocenters. The number of hydrogen-bond acceptors (Lipinski definition) is 8. The number of hydrogen-bond donors (Lipinski definition) is 2. The Morgan fingerprint density at radius 1 is 0.930 bits per heavy atom. The van der Waals surface area contributed by atoms with E-state index in [1.165, 1.54) is 26.4 Å². The van der Waals surface area contributed by atoms with Crippen LogP contribution >= 0.6 is 11.6 Å². The number of carbonyl (C=O) groups excluding carboxylic acids is 1. The van der Waals surface area contributed by atoms with Crippen LogP contribution < -0.4 is 24.0 Å². The van der Waals surface area contributed by atoms with Gasteiger partial charge in [-0.3, -0.25) is 9.35 Å². The second-order valence-electron chi connectivity index (χ2n) is 8.73. The van der Waals surface area contributed by atoms with Gasteiger partial charge in [-0.05, 0) is 42.5 Å². The van der Waals surface area contributed by atoms with Gasteiger partial charge >= 0.3 is 5.91 Å². The molecule has 1 aromatic heterocycles. The van der Waals surface area contributed by atoms with Gasteiger partial charge in [0.2, 0.25) is 10.0 Å². The summed E-state index contributed by atoms with van der Waals surface area (Å²) in [6.07, 6.45) is 0. The van der Waals surface area contributed by atoms with Crippen LogP contribution in [0.2, 0.25) is 5.02 Å². The molecule has 0 fully saturated rings. The van der Waals surface area contributed by atoms with Gasteiger partial charge in [0, 0.05) is 23.9 Å². The Bertz CT molecular complexity index is 1890. The number of ether oxygens (including phenoxy) is 2. The van der Waals surface area contributed by atoms with Crippen LogP contribution in [-0.2, 0) is 11.3 Å². The van der Waals surface area contributed by atoms with Gasteiger partial charge in [0.05, 0.1) is 41.5 Å². The van der Waals surface area contributed by atoms with E-state index < -0.39 is 17.2 Å². The van der Waals surface area contributed by atoms with Crippen LogP contribution in [0.5, 0.6) is 11.5 Å². The highest BCUT2D eigenvalue weighted by Gasteiger charge is 2.24. The molecular weight excluding hydrogens is 594 g/mol. The fourth-order valence-electron chi connectivity index (χ4n) is 4.00. The maximum Gasteiger partial charge on any atom is 0.362 e. The first kappa shape index (κ1) is 29.3. The molecule has 216 valence electrons. The van der Waals surface area contributed by atoms with Crippen LogP contribution in [0.3, 0.4) is 0 Å². The molecule has 12 nitrogen and oxygen atoms in total. The Morgan fingerprint density at radius 2 is 1.60 bits per heavy atom. The van der Waals surface area contributed by atoms with Crippen molar-refractivity contribution in [2.24, 2.45) is 10.2 Å². The zero-order valence-electron chi connectivity index (χ0n) is 22.7. The van der Waals surface area contributed by atoms with E-state index in [0.717, 1.165) is 4.31 Å². The summed E-state index contributed by atoms with van der Waals surface area (Å²) in [5.74, 6) is 0.616. The van der Waals surface area contributed by atoms with Crippen molar-refractivity contribution < 1.29 is 23.0 Å². The summed E-state index contributed by atoms with van der Waals surface area (Å²) in [5.41, 5.74) is 2.27. The lowest BCUT2D eigenvalue weighted by Gasteiger charge is -2.22. The van der Waals surface area contributed by atoms with Gasteiger partial charge < -0.3 is 14.8 Å². The van der Waals surface area contributed by atoms with E-state index in [1.54, 1.807) is 72.8 Å². The van der Waals surface area contributed by atoms with Crippen LogP contribution in [0, 0.1) is 0 Å². The SMILES string of the molecule is COc1cc(Nc2nc3ccccc3nc2N(c2cccc(N=[N+]=NC(=O)c3ccccc3Cl)c2)S(=O)O)cc(OC)c1. The van der Waals surface area contributed by atoms with Crippen molar-refractivity contribution in [3.05, 3.63) is 102 Å². The van der Waals surface area contributed by atoms with Crippen LogP contribution in [0.1, 0.15) is 10.4 Å². The first-order valence-corrected chi connectivity index (χ1v) is 14.0. The van der Waals surface area contributed by atoms with Gasteiger partial charge in [-0.15, -0.1) is 0 Å². The van der Waals surface area contributed by atoms with Gasteiger partial charge in [-0.25, -0.2) is 18.5 Å². The molecule has 0 spiro atoms. The number of aromatic nitrogens is 2. The molecule has 0 saturated heterocycles. The number of para-hydroxylation sites is 2. The van der Waals surface area contributed by atoms with Crippen LogP contribution in [0.4, 0.5) is 28.7 Å². The lowest BCUT2D eigenvalue weighted by atomic mass is 10.2. The predicted molar refractivity (Wildman–Crippen MR) is 164 cm³/mol. The molecule has 4 aromatic carbocycles. The Kier molecular flexibility index (Phi) is 8.99. The fourth-order valence-corrected chi connectivity index (χ4v) is 4.79. The number of carbonyl (C=O) groups is 1. The van der Waals surface area contributed by atoms with Crippen molar-refractivity contribution >= 4 is 68.5 Å². The summed E-state index contributed by atoms with van der Waals surface area (Å²) in [4.78, 5) is 25.4. The minimum absolute atomic E-state index is 0.0500. The minimum Gasteiger partial charge on any atom is -0.497 e. The fraction of sp³-hybridized carbons (Fsp3) is 0.0690. The number of anilines is 4. The number of fused-ring (bicyclic) bond motifs is 1. The van der Waals surface area contributed by atoms with Crippen molar-refractivity contribution in [1.82, 2.24) is 14.9 Å². The molecule has 0 aliphatic heterocycles. The number of benzene rings is 4. The number of amides is 1. The van der Waals surface area contributed by atoms with Crippen molar-refractivity contribution in [3.63, 3.8) is 0 Å². The maximum absolute atomic E-state index is 12.8. The summed E-state index contributed by atoms with van der Waals surface area (Å²) >= 11 is 3.45. The minimum atomic E-state index is -2.60. The van der Waals surface area contributed by atoms with Gasteiger partial charge in [-0.1, -0.05) is 41.9 Å². The van der Waals surface area contributed by atoms with E-state index in [0.29, 0.717) is 28.2 Å². The molecule has 1 heterocycles. The molecule has 5 rings (SSSR count). The third kappa shape index (κ3) is 6.83. The van der Waals surface area contributed by atoms with E-state index in [-0.39, 0.29) is 33.6 Å². The highest BCUT2D eigenvalue weighted by Crippen LogP contribution is 2.36. The molecule has 1 atom stereocenters. The molecule has 5 aromatic rings. The summed E-state index contributed by atoms with van der Waals surface area (Å²) in [7, 11) is 3.06. The molecule has 0 bridgehead atoms. The van der Waals surface area contributed by atoms with E-state index in [9.17, 15) is 13.6 Å². The normalized spacial score (nSPS) is 11.3. The van der Waals surface area contributed by atoms with Crippen molar-refractivity contribution in [2.75, 3.05) is 23.8 Å². The average Bonchev–Trinajstić information content (AvgIpc) is 3.01. The number of nitrogens with one attached hydrogen (secondary N) is 1.